The lowest BCUT2D eigenvalue weighted by atomic mass is 9.48. The van der Waals surface area contributed by atoms with E-state index in [2.05, 4.69) is 29.2 Å². The minimum Gasteiger partial charge on any atom is -0.504 e. The number of hydrogen-bond donors (Lipinski definition) is 1. The Morgan fingerprint density at radius 2 is 2.03 bits per heavy atom. The minimum absolute atomic E-state index is 0.142. The van der Waals surface area contributed by atoms with Crippen molar-refractivity contribution in [1.29, 1.82) is 0 Å². The van der Waals surface area contributed by atoms with Crippen LogP contribution in [0.3, 0.4) is 0 Å². The number of aromatic hydroxyl groups is 1. The van der Waals surface area contributed by atoms with Crippen LogP contribution in [0.1, 0.15) is 55.2 Å². The number of carbonyl (C=O) groups is 1. The molecule has 0 aromatic heterocycles. The quantitative estimate of drug-likeness (QED) is 0.594. The maximum absolute atomic E-state index is 13.4. The van der Waals surface area contributed by atoms with E-state index in [0.717, 1.165) is 63.8 Å². The number of phenols is 1. The molecule has 1 spiro atoms. The van der Waals surface area contributed by atoms with Crippen LogP contribution in [0.2, 0.25) is 0 Å². The summed E-state index contributed by atoms with van der Waals surface area (Å²) in [7, 11) is 0. The highest BCUT2D eigenvalue weighted by Crippen LogP contribution is 2.66. The van der Waals surface area contributed by atoms with Crippen LogP contribution in [0.25, 0.3) is 0 Å². The summed E-state index contributed by atoms with van der Waals surface area (Å²) in [5, 5.41) is 10.8. The molecule has 0 radical (unpaired) electrons. The normalized spacial score (nSPS) is 34.4. The first-order valence-corrected chi connectivity index (χ1v) is 13.7. The first-order valence-electron chi connectivity index (χ1n) is 13.7. The van der Waals surface area contributed by atoms with Gasteiger partial charge in [0.15, 0.2) is 23.4 Å². The predicted molar refractivity (Wildman–Crippen MR) is 135 cm³/mol. The molecule has 5 atom stereocenters. The third kappa shape index (κ3) is 3.17. The average Bonchev–Trinajstić information content (AvgIpc) is 3.53. The monoisotopic (exact) mass is 489 g/mol. The number of likely N-dealkylation sites (tertiary alicyclic amines) is 1. The van der Waals surface area contributed by atoms with Crippen molar-refractivity contribution in [2.45, 2.75) is 80.6 Å². The number of ketones is 1. The highest BCUT2D eigenvalue weighted by molar-refractivity contribution is 5.90. The van der Waals surface area contributed by atoms with Gasteiger partial charge in [-0.2, -0.15) is 0 Å². The zero-order valence-electron chi connectivity index (χ0n) is 20.8. The van der Waals surface area contributed by atoms with Crippen molar-refractivity contribution in [2.24, 2.45) is 0 Å². The molecule has 2 unspecified atom stereocenters. The number of rotatable bonds is 7. The van der Waals surface area contributed by atoms with Crippen LogP contribution in [0.4, 0.5) is 0 Å². The second-order valence-corrected chi connectivity index (χ2v) is 11.3. The first-order chi connectivity index (χ1) is 17.6. The van der Waals surface area contributed by atoms with Crippen molar-refractivity contribution in [2.75, 3.05) is 26.3 Å². The lowest BCUT2D eigenvalue weighted by molar-refractivity contribution is -0.215. The number of aryl methyl sites for hydroxylation is 1. The lowest BCUT2D eigenvalue weighted by Gasteiger charge is -2.64. The minimum atomic E-state index is -0.574. The predicted octanol–water partition coefficient (Wildman–Crippen LogP) is 3.95. The molecule has 6 nitrogen and oxygen atoms in total. The topological polar surface area (TPSA) is 68.2 Å². The molecule has 2 saturated heterocycles. The molecule has 1 saturated carbocycles. The molecular formula is C30H35NO5. The standard InChI is InChI=1S/C30H35NO5/c32-23-11-10-21-18-25-30(35-17-4-8-20-6-2-1-3-7-20)13-12-24(33)28-29(30,26(21)27(23)36-28)14-15-31(25)19-22-9-5-16-34-22/h1-3,6-7,10-11,22,25,28,32H,4-5,8-9,12-19H2/t22?,25?,28-,29-,30+/m0/s1. The molecule has 7 rings (SSSR count). The summed E-state index contributed by atoms with van der Waals surface area (Å²) in [6.07, 6.45) is 6.64. The number of hydrogen-bond acceptors (Lipinski definition) is 6. The zero-order valence-corrected chi connectivity index (χ0v) is 20.8. The Labute approximate surface area is 212 Å². The second kappa shape index (κ2) is 8.57. The van der Waals surface area contributed by atoms with Crippen molar-refractivity contribution >= 4 is 5.78 Å². The summed E-state index contributed by atoms with van der Waals surface area (Å²) in [4.78, 5) is 15.9. The van der Waals surface area contributed by atoms with Gasteiger partial charge in [0.25, 0.3) is 0 Å². The molecule has 190 valence electrons. The van der Waals surface area contributed by atoms with Crippen molar-refractivity contribution in [3.05, 3.63) is 59.2 Å². The van der Waals surface area contributed by atoms with Crippen LogP contribution >= 0.6 is 0 Å². The summed E-state index contributed by atoms with van der Waals surface area (Å²) in [5.41, 5.74) is 2.53. The van der Waals surface area contributed by atoms with E-state index in [4.69, 9.17) is 14.2 Å². The third-order valence-electron chi connectivity index (χ3n) is 9.60. The van der Waals surface area contributed by atoms with E-state index in [-0.39, 0.29) is 23.7 Å². The van der Waals surface area contributed by atoms with Crippen LogP contribution in [-0.2, 0) is 32.5 Å². The summed E-state index contributed by atoms with van der Waals surface area (Å²) < 4.78 is 19.5. The van der Waals surface area contributed by atoms with E-state index >= 15 is 0 Å². The maximum atomic E-state index is 13.4. The lowest BCUT2D eigenvalue weighted by Crippen LogP contribution is -2.77. The van der Waals surface area contributed by atoms with Crippen molar-refractivity contribution in [3.8, 4) is 11.5 Å². The molecule has 2 aliphatic carbocycles. The number of benzene rings is 2. The van der Waals surface area contributed by atoms with E-state index in [1.165, 1.54) is 11.1 Å². The van der Waals surface area contributed by atoms with Gasteiger partial charge in [-0.3, -0.25) is 9.69 Å². The van der Waals surface area contributed by atoms with Gasteiger partial charge in [0.1, 0.15) is 0 Å². The van der Waals surface area contributed by atoms with Crippen LogP contribution in [0, 0.1) is 0 Å². The number of piperidine rings is 1. The average molecular weight is 490 g/mol. The van der Waals surface area contributed by atoms with Crippen molar-refractivity contribution < 1.29 is 24.1 Å². The van der Waals surface area contributed by atoms with Gasteiger partial charge >= 0.3 is 0 Å². The second-order valence-electron chi connectivity index (χ2n) is 11.3. The number of phenolic OH excluding ortho intramolecular Hbond substituents is 1. The maximum Gasteiger partial charge on any atom is 0.174 e. The van der Waals surface area contributed by atoms with Crippen LogP contribution < -0.4 is 4.74 Å². The smallest absolute Gasteiger partial charge is 0.174 e. The Morgan fingerprint density at radius 3 is 2.86 bits per heavy atom. The van der Waals surface area contributed by atoms with Gasteiger partial charge < -0.3 is 19.3 Å². The fourth-order valence-electron chi connectivity index (χ4n) is 8.12. The van der Waals surface area contributed by atoms with Crippen LogP contribution in [-0.4, -0.2) is 65.9 Å². The number of carbonyl (C=O) groups excluding carboxylic acids is 1. The Kier molecular flexibility index (Phi) is 5.42. The molecule has 6 heteroatoms. The highest BCUT2D eigenvalue weighted by atomic mass is 16.5. The zero-order chi connectivity index (χ0) is 24.3. The molecular weight excluding hydrogens is 454 g/mol. The number of ether oxygens (including phenoxy) is 3. The summed E-state index contributed by atoms with van der Waals surface area (Å²) in [6, 6.07) is 14.5. The van der Waals surface area contributed by atoms with Gasteiger partial charge in [0.05, 0.1) is 17.1 Å². The molecule has 2 aromatic rings. The van der Waals surface area contributed by atoms with Gasteiger partial charge in [-0.15, -0.1) is 0 Å². The van der Waals surface area contributed by atoms with Crippen LogP contribution in [0.5, 0.6) is 11.5 Å². The van der Waals surface area contributed by atoms with E-state index in [0.29, 0.717) is 25.2 Å². The molecule has 5 aliphatic rings. The molecule has 1 N–H and O–H groups in total. The summed E-state index contributed by atoms with van der Waals surface area (Å²) in [6.45, 7) is 3.30. The van der Waals surface area contributed by atoms with E-state index in [1.54, 1.807) is 6.07 Å². The Morgan fingerprint density at radius 1 is 1.14 bits per heavy atom. The Hall–Kier alpha value is -2.41. The van der Waals surface area contributed by atoms with Gasteiger partial charge in [0.2, 0.25) is 0 Å². The number of Topliss-reactive ketones (excluding diaryl/α,β-unsaturated/α-hetero) is 1. The highest BCUT2D eigenvalue weighted by Gasteiger charge is 2.74. The van der Waals surface area contributed by atoms with Gasteiger partial charge in [-0.25, -0.2) is 0 Å². The molecule has 3 aliphatic heterocycles. The third-order valence-corrected chi connectivity index (χ3v) is 9.60. The van der Waals surface area contributed by atoms with E-state index < -0.39 is 17.1 Å². The molecule has 3 heterocycles. The fourth-order valence-corrected chi connectivity index (χ4v) is 8.12. The molecule has 36 heavy (non-hydrogen) atoms. The summed E-state index contributed by atoms with van der Waals surface area (Å²) in [5.74, 6) is 0.813. The molecule has 3 fully saturated rings. The molecule has 0 amide bonds. The summed E-state index contributed by atoms with van der Waals surface area (Å²) >= 11 is 0. The molecule has 2 bridgehead atoms. The van der Waals surface area contributed by atoms with E-state index in [1.807, 2.05) is 12.1 Å². The van der Waals surface area contributed by atoms with Gasteiger partial charge in [-0.1, -0.05) is 36.4 Å². The van der Waals surface area contributed by atoms with Crippen LogP contribution in [0.15, 0.2) is 42.5 Å². The Bertz CT molecular complexity index is 1160. The van der Waals surface area contributed by atoms with Gasteiger partial charge in [0, 0.05) is 37.8 Å². The van der Waals surface area contributed by atoms with Crippen molar-refractivity contribution in [1.82, 2.24) is 4.90 Å². The first kappa shape index (κ1) is 22.8. The largest absolute Gasteiger partial charge is 0.504 e. The van der Waals surface area contributed by atoms with E-state index in [9.17, 15) is 9.90 Å². The fraction of sp³-hybridized carbons (Fsp3) is 0.567. The number of nitrogens with zero attached hydrogens (tertiary/aromatic N) is 1. The Balaban J connectivity index is 1.27. The molecule has 2 aromatic carbocycles. The van der Waals surface area contributed by atoms with Crippen molar-refractivity contribution in [3.63, 3.8) is 0 Å². The SMILES string of the molecule is O=C1CC[C@@]2(OCCCc3ccccc3)C3Cc4ccc(O)c5c4[C@@]2(CCN3CC2CCCO2)[C@H]1O5. The van der Waals surface area contributed by atoms with Gasteiger partial charge in [-0.05, 0) is 68.7 Å².